The predicted octanol–water partition coefficient (Wildman–Crippen LogP) is 7.08. The summed E-state index contributed by atoms with van der Waals surface area (Å²) in [7, 11) is -1.20. The highest BCUT2D eigenvalue weighted by Crippen LogP contribution is 2.38. The van der Waals surface area contributed by atoms with Crippen molar-refractivity contribution in [2.75, 3.05) is 0 Å². The molecule has 0 aliphatic carbocycles. The van der Waals surface area contributed by atoms with Crippen molar-refractivity contribution in [2.24, 2.45) is 0 Å². The molecule has 0 N–H and O–H groups in total. The van der Waals surface area contributed by atoms with Crippen LogP contribution in [0.5, 0.6) is 0 Å². The summed E-state index contributed by atoms with van der Waals surface area (Å²) in [6.45, 7) is 11.7. The number of hydrogen-bond acceptors (Lipinski definition) is 0. The fourth-order valence-corrected chi connectivity index (χ4v) is 7.54. The van der Waals surface area contributed by atoms with Gasteiger partial charge in [-0.3, -0.25) is 0 Å². The van der Waals surface area contributed by atoms with Gasteiger partial charge in [0.05, 0.1) is 8.07 Å². The molecule has 0 fully saturated rings. The third-order valence-electron chi connectivity index (χ3n) is 5.86. The SMILES string of the molecule is C=C(Cc1ccccc1)C(C[Si](CC)(CC)CC)c1ccccc1. The highest BCUT2D eigenvalue weighted by atomic mass is 28.3. The summed E-state index contributed by atoms with van der Waals surface area (Å²) < 4.78 is 0. The molecule has 0 spiro atoms. The Kier molecular flexibility index (Phi) is 7.05. The van der Waals surface area contributed by atoms with Crippen LogP contribution in [0.1, 0.15) is 37.8 Å². The lowest BCUT2D eigenvalue weighted by atomic mass is 9.89. The summed E-state index contributed by atoms with van der Waals surface area (Å²) >= 11 is 0. The van der Waals surface area contributed by atoms with Gasteiger partial charge < -0.3 is 0 Å². The summed E-state index contributed by atoms with van der Waals surface area (Å²) in [5.74, 6) is 0.498. The Morgan fingerprint density at radius 1 is 0.833 bits per heavy atom. The van der Waals surface area contributed by atoms with Crippen molar-refractivity contribution in [3.63, 3.8) is 0 Å². The van der Waals surface area contributed by atoms with Crippen LogP contribution in [0, 0.1) is 0 Å². The van der Waals surface area contributed by atoms with Gasteiger partial charge in [-0.1, -0.05) is 112 Å². The lowest BCUT2D eigenvalue weighted by molar-refractivity contribution is 0.824. The van der Waals surface area contributed by atoms with Crippen molar-refractivity contribution in [3.05, 3.63) is 83.9 Å². The molecule has 0 aliphatic rings. The maximum Gasteiger partial charge on any atom is 0.0536 e. The second-order valence-electron chi connectivity index (χ2n) is 7.05. The van der Waals surface area contributed by atoms with Crippen LogP contribution in [0.15, 0.2) is 72.8 Å². The lowest BCUT2D eigenvalue weighted by Gasteiger charge is -2.34. The van der Waals surface area contributed by atoms with Crippen LogP contribution in [0.3, 0.4) is 0 Å². The Bertz CT molecular complexity index is 603. The molecule has 0 bridgehead atoms. The molecule has 0 aliphatic heterocycles. The Balaban J connectivity index is 2.27. The summed E-state index contributed by atoms with van der Waals surface area (Å²) in [5.41, 5.74) is 4.20. The first-order valence-electron chi connectivity index (χ1n) is 9.40. The van der Waals surface area contributed by atoms with Crippen LogP contribution in [0.25, 0.3) is 0 Å². The van der Waals surface area contributed by atoms with E-state index in [2.05, 4.69) is 88.0 Å². The molecule has 1 atom stereocenters. The maximum atomic E-state index is 4.54. The molecule has 0 amide bonds. The molecule has 0 aromatic heterocycles. The van der Waals surface area contributed by atoms with Crippen LogP contribution >= 0.6 is 0 Å². The average Bonchev–Trinajstić information content (AvgIpc) is 2.65. The summed E-state index contributed by atoms with van der Waals surface area (Å²) in [4.78, 5) is 0. The maximum absolute atomic E-state index is 4.54. The van der Waals surface area contributed by atoms with E-state index in [-0.39, 0.29) is 0 Å². The van der Waals surface area contributed by atoms with Crippen LogP contribution in [0.2, 0.25) is 24.2 Å². The molecule has 24 heavy (non-hydrogen) atoms. The molecule has 2 aromatic rings. The minimum absolute atomic E-state index is 0.498. The Labute approximate surface area is 149 Å². The molecule has 1 unspecified atom stereocenters. The Hall–Kier alpha value is -1.60. The first-order valence-corrected chi connectivity index (χ1v) is 12.2. The Morgan fingerprint density at radius 2 is 1.33 bits per heavy atom. The number of rotatable bonds is 9. The fourth-order valence-electron chi connectivity index (χ4n) is 3.78. The zero-order valence-corrected chi connectivity index (χ0v) is 16.6. The second-order valence-corrected chi connectivity index (χ2v) is 12.6. The van der Waals surface area contributed by atoms with Crippen molar-refractivity contribution in [2.45, 2.75) is 57.3 Å². The van der Waals surface area contributed by atoms with Gasteiger partial charge in [0.25, 0.3) is 0 Å². The van der Waals surface area contributed by atoms with Gasteiger partial charge in [0.15, 0.2) is 0 Å². The van der Waals surface area contributed by atoms with Crippen molar-refractivity contribution < 1.29 is 0 Å². The average molecular weight is 337 g/mol. The van der Waals surface area contributed by atoms with E-state index in [0.29, 0.717) is 5.92 Å². The van der Waals surface area contributed by atoms with E-state index in [0.717, 1.165) is 6.42 Å². The van der Waals surface area contributed by atoms with E-state index in [9.17, 15) is 0 Å². The molecule has 1 heteroatoms. The van der Waals surface area contributed by atoms with E-state index in [4.69, 9.17) is 0 Å². The van der Waals surface area contributed by atoms with Crippen molar-refractivity contribution in [1.29, 1.82) is 0 Å². The minimum Gasteiger partial charge on any atom is -0.0989 e. The molecule has 128 valence electrons. The minimum atomic E-state index is -1.20. The van der Waals surface area contributed by atoms with Crippen LogP contribution in [-0.4, -0.2) is 8.07 Å². The normalized spacial score (nSPS) is 12.8. The summed E-state index contributed by atoms with van der Waals surface area (Å²) in [6.07, 6.45) is 0.988. The molecule has 0 heterocycles. The van der Waals surface area contributed by atoms with Gasteiger partial charge in [-0.25, -0.2) is 0 Å². The highest BCUT2D eigenvalue weighted by molar-refractivity contribution is 6.79. The van der Waals surface area contributed by atoms with E-state index in [1.54, 1.807) is 0 Å². The molecule has 2 aromatic carbocycles. The summed E-state index contributed by atoms with van der Waals surface area (Å²) in [6, 6.07) is 27.3. The quantitative estimate of drug-likeness (QED) is 0.339. The van der Waals surface area contributed by atoms with Crippen molar-refractivity contribution in [3.8, 4) is 0 Å². The highest BCUT2D eigenvalue weighted by Gasteiger charge is 2.31. The van der Waals surface area contributed by atoms with E-state index in [1.165, 1.54) is 40.9 Å². The van der Waals surface area contributed by atoms with E-state index < -0.39 is 8.07 Å². The van der Waals surface area contributed by atoms with Gasteiger partial charge in [0.1, 0.15) is 0 Å². The monoisotopic (exact) mass is 336 g/mol. The van der Waals surface area contributed by atoms with Crippen LogP contribution in [0.4, 0.5) is 0 Å². The lowest BCUT2D eigenvalue weighted by Crippen LogP contribution is -2.33. The third-order valence-corrected chi connectivity index (χ3v) is 11.6. The first kappa shape index (κ1) is 18.7. The zero-order valence-electron chi connectivity index (χ0n) is 15.6. The largest absolute Gasteiger partial charge is 0.0989 e. The zero-order chi connectivity index (χ0) is 17.4. The molecule has 0 saturated carbocycles. The van der Waals surface area contributed by atoms with Gasteiger partial charge in [0, 0.05) is 5.92 Å². The third kappa shape index (κ3) is 4.70. The predicted molar refractivity (Wildman–Crippen MR) is 110 cm³/mol. The molecular weight excluding hydrogens is 304 g/mol. The topological polar surface area (TPSA) is 0 Å². The van der Waals surface area contributed by atoms with Gasteiger partial charge in [-0.15, -0.1) is 0 Å². The summed E-state index contributed by atoms with van der Waals surface area (Å²) in [5, 5.41) is 0. The van der Waals surface area contributed by atoms with E-state index in [1.807, 2.05) is 0 Å². The van der Waals surface area contributed by atoms with Gasteiger partial charge in [-0.05, 0) is 23.6 Å². The smallest absolute Gasteiger partial charge is 0.0536 e. The van der Waals surface area contributed by atoms with E-state index >= 15 is 0 Å². The number of benzene rings is 2. The fraction of sp³-hybridized carbons (Fsp3) is 0.391. The van der Waals surface area contributed by atoms with Gasteiger partial charge in [-0.2, -0.15) is 0 Å². The van der Waals surface area contributed by atoms with Gasteiger partial charge >= 0.3 is 0 Å². The first-order chi connectivity index (χ1) is 11.6. The van der Waals surface area contributed by atoms with Crippen molar-refractivity contribution in [1.82, 2.24) is 0 Å². The number of allylic oxidation sites excluding steroid dienone is 1. The standard InChI is InChI=1S/C23H32Si/c1-5-24(6-2,7-3)19-23(22-16-12-9-13-17-22)20(4)18-21-14-10-8-11-15-21/h8-17,23H,4-7,18-19H2,1-3H3. The molecule has 0 nitrogen and oxygen atoms in total. The Morgan fingerprint density at radius 3 is 1.83 bits per heavy atom. The van der Waals surface area contributed by atoms with Crippen LogP contribution in [-0.2, 0) is 6.42 Å². The molecule has 2 rings (SSSR count). The van der Waals surface area contributed by atoms with Crippen LogP contribution < -0.4 is 0 Å². The van der Waals surface area contributed by atoms with Crippen molar-refractivity contribution >= 4 is 8.07 Å². The van der Waals surface area contributed by atoms with Gasteiger partial charge in [0.2, 0.25) is 0 Å². The number of hydrogen-bond donors (Lipinski definition) is 0. The second kappa shape index (κ2) is 9.03. The molecular formula is C23H32Si. The molecule has 0 saturated heterocycles. The molecule has 0 radical (unpaired) electrons.